The zero-order valence-electron chi connectivity index (χ0n) is 8.47. The third-order valence-electron chi connectivity index (χ3n) is 2.23. The lowest BCUT2D eigenvalue weighted by molar-refractivity contribution is 0.661. The monoisotopic (exact) mass is 217 g/mol. The van der Waals surface area contributed by atoms with Gasteiger partial charge in [0, 0.05) is 29.2 Å². The maximum absolute atomic E-state index is 8.74. The number of rotatable bonds is 3. The van der Waals surface area contributed by atoms with Crippen LogP contribution in [0.5, 0.6) is 0 Å². The van der Waals surface area contributed by atoms with E-state index in [1.807, 2.05) is 29.2 Å². The van der Waals surface area contributed by atoms with Crippen molar-refractivity contribution in [3.8, 4) is 17.3 Å². The van der Waals surface area contributed by atoms with Gasteiger partial charge in [-0.1, -0.05) is 0 Å². The molecule has 0 amide bonds. The minimum absolute atomic E-state index is 0.422. The molecule has 4 heteroatoms. The Morgan fingerprint density at radius 3 is 3.07 bits per heavy atom. The molecule has 0 aliphatic rings. The summed E-state index contributed by atoms with van der Waals surface area (Å²) < 4.78 is 1.87. The molecule has 76 valence electrons. The summed E-state index contributed by atoms with van der Waals surface area (Å²) in [5.74, 6) is 0. The Morgan fingerprint density at radius 1 is 1.60 bits per heavy atom. The van der Waals surface area contributed by atoms with Gasteiger partial charge in [0.15, 0.2) is 0 Å². The van der Waals surface area contributed by atoms with Crippen molar-refractivity contribution in [1.29, 1.82) is 5.26 Å². The highest BCUT2D eigenvalue weighted by Gasteiger charge is 2.10. The van der Waals surface area contributed by atoms with Gasteiger partial charge in [0.1, 0.15) is 0 Å². The van der Waals surface area contributed by atoms with Crippen LogP contribution in [0, 0.1) is 11.3 Å². The quantitative estimate of drug-likeness (QED) is 0.793. The van der Waals surface area contributed by atoms with E-state index in [2.05, 4.69) is 16.5 Å². The number of aromatic nitrogens is 2. The minimum Gasteiger partial charge on any atom is -0.272 e. The van der Waals surface area contributed by atoms with Crippen molar-refractivity contribution in [2.75, 3.05) is 0 Å². The highest BCUT2D eigenvalue weighted by molar-refractivity contribution is 7.08. The predicted octanol–water partition coefficient (Wildman–Crippen LogP) is 2.70. The lowest BCUT2D eigenvalue weighted by atomic mass is 10.1. The van der Waals surface area contributed by atoms with Gasteiger partial charge in [0.05, 0.1) is 18.2 Å². The fraction of sp³-hybridized carbons (Fsp3) is 0.273. The second kappa shape index (κ2) is 4.28. The van der Waals surface area contributed by atoms with Gasteiger partial charge in [-0.25, -0.2) is 0 Å². The first kappa shape index (κ1) is 9.94. The molecule has 0 unspecified atom stereocenters. The Kier molecular flexibility index (Phi) is 2.84. The number of hydrogen-bond acceptors (Lipinski definition) is 3. The van der Waals surface area contributed by atoms with Gasteiger partial charge in [-0.05, 0) is 18.4 Å². The first-order valence-corrected chi connectivity index (χ1v) is 5.75. The summed E-state index contributed by atoms with van der Waals surface area (Å²) >= 11 is 1.65. The first-order chi connectivity index (χ1) is 7.35. The van der Waals surface area contributed by atoms with Gasteiger partial charge in [-0.15, -0.1) is 0 Å². The second-order valence-corrected chi connectivity index (χ2v) is 3.99. The van der Waals surface area contributed by atoms with Crippen LogP contribution in [0.2, 0.25) is 0 Å². The van der Waals surface area contributed by atoms with Crippen LogP contribution >= 0.6 is 11.3 Å². The predicted molar refractivity (Wildman–Crippen MR) is 60.5 cm³/mol. The molecule has 0 saturated heterocycles. The molecule has 0 N–H and O–H groups in total. The van der Waals surface area contributed by atoms with Crippen molar-refractivity contribution in [2.45, 2.75) is 19.9 Å². The molecule has 2 aromatic rings. The molecule has 0 fully saturated rings. The van der Waals surface area contributed by atoms with E-state index >= 15 is 0 Å². The summed E-state index contributed by atoms with van der Waals surface area (Å²) in [6.07, 6.45) is 2.38. The molecule has 0 radical (unpaired) electrons. The van der Waals surface area contributed by atoms with E-state index in [0.29, 0.717) is 6.42 Å². The van der Waals surface area contributed by atoms with Crippen molar-refractivity contribution in [1.82, 2.24) is 9.78 Å². The maximum Gasteiger partial charge on any atom is 0.0973 e. The Labute approximate surface area is 92.6 Å². The molecule has 2 aromatic heterocycles. The molecule has 0 aromatic carbocycles. The SMILES string of the molecule is CCn1cc(CC#N)c(-c2ccsc2)n1. The van der Waals surface area contributed by atoms with Crippen molar-refractivity contribution < 1.29 is 0 Å². The number of nitrogens with zero attached hydrogens (tertiary/aromatic N) is 3. The molecule has 2 rings (SSSR count). The van der Waals surface area contributed by atoms with Crippen molar-refractivity contribution in [3.05, 3.63) is 28.6 Å². The van der Waals surface area contributed by atoms with Gasteiger partial charge in [-0.3, -0.25) is 4.68 Å². The number of aryl methyl sites for hydroxylation is 1. The molecular formula is C11H11N3S. The lowest BCUT2D eigenvalue weighted by Gasteiger charge is -1.93. The highest BCUT2D eigenvalue weighted by atomic mass is 32.1. The van der Waals surface area contributed by atoms with Crippen LogP contribution < -0.4 is 0 Å². The molecule has 0 bridgehead atoms. The van der Waals surface area contributed by atoms with Gasteiger partial charge in [-0.2, -0.15) is 21.7 Å². The average molecular weight is 217 g/mol. The highest BCUT2D eigenvalue weighted by Crippen LogP contribution is 2.24. The van der Waals surface area contributed by atoms with Gasteiger partial charge in [0.2, 0.25) is 0 Å². The van der Waals surface area contributed by atoms with Gasteiger partial charge >= 0.3 is 0 Å². The zero-order valence-corrected chi connectivity index (χ0v) is 9.29. The Morgan fingerprint density at radius 2 is 2.47 bits per heavy atom. The van der Waals surface area contributed by atoms with Crippen LogP contribution in [0.15, 0.2) is 23.0 Å². The zero-order chi connectivity index (χ0) is 10.7. The molecule has 0 atom stereocenters. The Bertz CT molecular complexity index is 476. The molecule has 0 spiro atoms. The largest absolute Gasteiger partial charge is 0.272 e. The summed E-state index contributed by atoms with van der Waals surface area (Å²) in [6, 6.07) is 4.21. The number of hydrogen-bond donors (Lipinski definition) is 0. The van der Waals surface area contributed by atoms with Crippen LogP contribution in [0.4, 0.5) is 0 Å². The topological polar surface area (TPSA) is 41.6 Å². The van der Waals surface area contributed by atoms with Crippen LogP contribution in [-0.4, -0.2) is 9.78 Å². The summed E-state index contributed by atoms with van der Waals surface area (Å²) in [5, 5.41) is 17.3. The van der Waals surface area contributed by atoms with Crippen molar-refractivity contribution >= 4 is 11.3 Å². The van der Waals surface area contributed by atoms with E-state index < -0.39 is 0 Å². The second-order valence-electron chi connectivity index (χ2n) is 3.21. The van der Waals surface area contributed by atoms with Crippen LogP contribution in [0.25, 0.3) is 11.3 Å². The fourth-order valence-corrected chi connectivity index (χ4v) is 2.12. The standard InChI is InChI=1S/C11H11N3S/c1-2-14-7-9(3-5-12)11(13-14)10-4-6-15-8-10/h4,6-8H,2-3H2,1H3. The summed E-state index contributed by atoms with van der Waals surface area (Å²) in [7, 11) is 0. The van der Waals surface area contributed by atoms with E-state index in [1.54, 1.807) is 11.3 Å². The first-order valence-electron chi connectivity index (χ1n) is 4.81. The minimum atomic E-state index is 0.422. The molecule has 0 saturated carbocycles. The van der Waals surface area contributed by atoms with Crippen LogP contribution in [0.3, 0.4) is 0 Å². The van der Waals surface area contributed by atoms with E-state index in [9.17, 15) is 0 Å². The van der Waals surface area contributed by atoms with Crippen LogP contribution in [-0.2, 0) is 13.0 Å². The van der Waals surface area contributed by atoms with Gasteiger partial charge in [0.25, 0.3) is 0 Å². The smallest absolute Gasteiger partial charge is 0.0973 e. The Balaban J connectivity index is 2.45. The van der Waals surface area contributed by atoms with Crippen molar-refractivity contribution in [2.24, 2.45) is 0 Å². The number of nitriles is 1. The third kappa shape index (κ3) is 1.92. The molecule has 2 heterocycles. The number of thiophene rings is 1. The fourth-order valence-electron chi connectivity index (χ4n) is 1.48. The molecule has 15 heavy (non-hydrogen) atoms. The average Bonchev–Trinajstić information content (AvgIpc) is 2.85. The van der Waals surface area contributed by atoms with E-state index in [0.717, 1.165) is 23.4 Å². The van der Waals surface area contributed by atoms with E-state index in [1.165, 1.54) is 0 Å². The van der Waals surface area contributed by atoms with Crippen molar-refractivity contribution in [3.63, 3.8) is 0 Å². The summed E-state index contributed by atoms with van der Waals surface area (Å²) in [6.45, 7) is 2.88. The molecule has 0 aliphatic heterocycles. The normalized spacial score (nSPS) is 10.1. The third-order valence-corrected chi connectivity index (χ3v) is 2.91. The maximum atomic E-state index is 8.74. The molecule has 3 nitrogen and oxygen atoms in total. The van der Waals surface area contributed by atoms with E-state index in [4.69, 9.17) is 5.26 Å². The lowest BCUT2D eigenvalue weighted by Crippen LogP contribution is -1.93. The molecular weight excluding hydrogens is 206 g/mol. The Hall–Kier alpha value is -1.60. The summed E-state index contributed by atoms with van der Waals surface area (Å²) in [4.78, 5) is 0. The van der Waals surface area contributed by atoms with E-state index in [-0.39, 0.29) is 0 Å². The van der Waals surface area contributed by atoms with Crippen LogP contribution in [0.1, 0.15) is 12.5 Å². The van der Waals surface area contributed by atoms with Gasteiger partial charge < -0.3 is 0 Å². The summed E-state index contributed by atoms with van der Waals surface area (Å²) in [5.41, 5.74) is 3.06. The molecule has 0 aliphatic carbocycles.